The van der Waals surface area contributed by atoms with E-state index in [-0.39, 0.29) is 23.5 Å². The lowest BCUT2D eigenvalue weighted by Crippen LogP contribution is -2.44. The first-order valence-electron chi connectivity index (χ1n) is 13.9. The Morgan fingerprint density at radius 1 is 0.897 bits per heavy atom. The van der Waals surface area contributed by atoms with Crippen LogP contribution in [0.3, 0.4) is 0 Å². The molecule has 0 bridgehead atoms. The van der Waals surface area contributed by atoms with Crippen LogP contribution in [0.2, 0.25) is 0 Å². The number of piperidine rings is 1. The zero-order chi connectivity index (χ0) is 27.1. The molecule has 6 rings (SSSR count). The van der Waals surface area contributed by atoms with E-state index >= 15 is 0 Å². The van der Waals surface area contributed by atoms with Gasteiger partial charge in [0.1, 0.15) is 5.78 Å². The Morgan fingerprint density at radius 3 is 2.36 bits per heavy atom. The summed E-state index contributed by atoms with van der Waals surface area (Å²) in [5.41, 5.74) is 10.4. The van der Waals surface area contributed by atoms with E-state index in [4.69, 9.17) is 10.7 Å². The number of aliphatic imine (C=N–C) groups is 1. The fraction of sp³-hybridized carbons (Fsp3) is 0.333. The van der Waals surface area contributed by atoms with Gasteiger partial charge in [-0.25, -0.2) is 0 Å². The fourth-order valence-electron chi connectivity index (χ4n) is 6.76. The van der Waals surface area contributed by atoms with E-state index in [9.17, 15) is 14.4 Å². The van der Waals surface area contributed by atoms with Crippen LogP contribution in [0.5, 0.6) is 0 Å². The van der Waals surface area contributed by atoms with E-state index in [1.165, 1.54) is 0 Å². The van der Waals surface area contributed by atoms with Gasteiger partial charge in [0, 0.05) is 48.0 Å². The van der Waals surface area contributed by atoms with Crippen molar-refractivity contribution >= 4 is 34.1 Å². The third-order valence-corrected chi connectivity index (χ3v) is 8.75. The lowest BCUT2D eigenvalue weighted by Gasteiger charge is -2.39. The average molecular weight is 520 g/mol. The van der Waals surface area contributed by atoms with Crippen LogP contribution in [0, 0.1) is 5.92 Å². The van der Waals surface area contributed by atoms with Crippen LogP contribution in [-0.2, 0) is 9.59 Å². The van der Waals surface area contributed by atoms with Crippen LogP contribution in [0.1, 0.15) is 72.3 Å². The molecule has 0 aromatic heterocycles. The Kier molecular flexibility index (Phi) is 6.63. The van der Waals surface area contributed by atoms with Crippen molar-refractivity contribution in [1.82, 2.24) is 4.90 Å². The van der Waals surface area contributed by atoms with Crippen molar-refractivity contribution in [2.24, 2.45) is 16.6 Å². The van der Waals surface area contributed by atoms with Crippen molar-refractivity contribution in [2.45, 2.75) is 50.9 Å². The van der Waals surface area contributed by atoms with Crippen molar-refractivity contribution in [3.8, 4) is 0 Å². The van der Waals surface area contributed by atoms with Gasteiger partial charge in [-0.2, -0.15) is 0 Å². The minimum absolute atomic E-state index is 0.00543. The highest BCUT2D eigenvalue weighted by atomic mass is 16.2. The van der Waals surface area contributed by atoms with E-state index in [2.05, 4.69) is 24.3 Å². The Balaban J connectivity index is 1.32. The molecule has 2 heterocycles. The normalized spacial score (nSPS) is 22.0. The third-order valence-electron chi connectivity index (χ3n) is 8.75. The maximum absolute atomic E-state index is 14.3. The average Bonchev–Trinajstić information content (AvgIpc) is 2.96. The zero-order valence-corrected chi connectivity index (χ0v) is 22.2. The van der Waals surface area contributed by atoms with E-state index in [0.29, 0.717) is 36.6 Å². The number of nitrogens with zero attached hydrogens (tertiary/aromatic N) is 2. The molecule has 6 nitrogen and oxygen atoms in total. The van der Waals surface area contributed by atoms with Gasteiger partial charge in [-0.1, -0.05) is 54.6 Å². The summed E-state index contributed by atoms with van der Waals surface area (Å²) in [7, 11) is 0. The molecule has 2 unspecified atom stereocenters. The predicted molar refractivity (Wildman–Crippen MR) is 153 cm³/mol. The maximum Gasteiger partial charge on any atom is 0.252 e. The van der Waals surface area contributed by atoms with Gasteiger partial charge < -0.3 is 10.6 Å². The summed E-state index contributed by atoms with van der Waals surface area (Å²) in [6.45, 7) is 3.20. The Morgan fingerprint density at radius 2 is 1.62 bits per heavy atom. The quantitative estimate of drug-likeness (QED) is 0.491. The molecule has 3 aliphatic rings. The summed E-state index contributed by atoms with van der Waals surface area (Å²) in [4.78, 5) is 45.9. The smallest absolute Gasteiger partial charge is 0.252 e. The standard InChI is InChI=1S/C33H33N3O3/c1-20-29(33(39)36-18-16-22(17-19-36)21-12-14-24(15-13-21)32(34)38)30(31-27(35-20)10-5-11-28(31)37)26-9-4-7-23-6-2-3-8-25(23)26/h2-4,6-9,12-15,22,30-31H,5,10-11,16-19H2,1H3,(H2,34,38). The van der Waals surface area contributed by atoms with Gasteiger partial charge in [0.15, 0.2) is 0 Å². The van der Waals surface area contributed by atoms with Gasteiger partial charge >= 0.3 is 0 Å². The van der Waals surface area contributed by atoms with Gasteiger partial charge in [-0.15, -0.1) is 0 Å². The molecule has 39 heavy (non-hydrogen) atoms. The van der Waals surface area contributed by atoms with Crippen LogP contribution in [0.4, 0.5) is 0 Å². The molecule has 0 spiro atoms. The first-order valence-corrected chi connectivity index (χ1v) is 13.9. The molecule has 198 valence electrons. The second-order valence-corrected chi connectivity index (χ2v) is 11.0. The van der Waals surface area contributed by atoms with Gasteiger partial charge in [-0.3, -0.25) is 19.4 Å². The molecule has 0 radical (unpaired) electrons. The number of fused-ring (bicyclic) bond motifs is 2. The molecule has 2 amide bonds. The van der Waals surface area contributed by atoms with Crippen LogP contribution in [0.25, 0.3) is 10.8 Å². The van der Waals surface area contributed by atoms with Crippen molar-refractivity contribution in [1.29, 1.82) is 0 Å². The molecule has 1 saturated heterocycles. The van der Waals surface area contributed by atoms with Crippen LogP contribution in [0.15, 0.2) is 83.0 Å². The SMILES string of the molecule is CC1=C(C(=O)N2CCC(c3ccc(C(N)=O)cc3)CC2)C(c2cccc3ccccc23)C2C(=O)CCCC2=N1. The number of hydrogen-bond acceptors (Lipinski definition) is 4. The molecule has 1 aliphatic carbocycles. The van der Waals surface area contributed by atoms with Crippen molar-refractivity contribution in [3.63, 3.8) is 0 Å². The van der Waals surface area contributed by atoms with Crippen LogP contribution >= 0.6 is 0 Å². The number of allylic oxidation sites excluding steroid dienone is 1. The molecule has 2 atom stereocenters. The number of hydrogen-bond donors (Lipinski definition) is 1. The lowest BCUT2D eigenvalue weighted by atomic mass is 9.68. The summed E-state index contributed by atoms with van der Waals surface area (Å²) in [5.74, 6) is -0.642. The minimum atomic E-state index is -0.430. The molecule has 3 aromatic rings. The Labute approximate surface area is 228 Å². The molecule has 6 heteroatoms. The zero-order valence-electron chi connectivity index (χ0n) is 22.2. The number of amides is 2. The number of benzene rings is 3. The van der Waals surface area contributed by atoms with Crippen LogP contribution in [-0.4, -0.2) is 41.3 Å². The number of Topliss-reactive ketones (excluding diaryl/α,β-unsaturated/α-hetero) is 1. The summed E-state index contributed by atoms with van der Waals surface area (Å²) in [6.07, 6.45) is 3.83. The number of ketones is 1. The van der Waals surface area contributed by atoms with E-state index in [1.54, 1.807) is 12.1 Å². The number of carbonyl (C=O) groups excluding carboxylic acids is 3. The molecule has 2 fully saturated rings. The molecule has 2 aliphatic heterocycles. The first-order chi connectivity index (χ1) is 18.9. The number of nitrogens with two attached hydrogens (primary N) is 1. The predicted octanol–water partition coefficient (Wildman–Crippen LogP) is 5.53. The number of likely N-dealkylation sites (tertiary alicyclic amines) is 1. The van der Waals surface area contributed by atoms with E-state index < -0.39 is 5.91 Å². The Hall–Kier alpha value is -4.06. The molecule has 3 aromatic carbocycles. The lowest BCUT2D eigenvalue weighted by molar-refractivity contribution is -0.128. The first kappa shape index (κ1) is 25.2. The summed E-state index contributed by atoms with van der Waals surface area (Å²) in [5, 5.41) is 2.19. The third kappa shape index (κ3) is 4.58. The topological polar surface area (TPSA) is 92.8 Å². The summed E-state index contributed by atoms with van der Waals surface area (Å²) >= 11 is 0. The van der Waals surface area contributed by atoms with Crippen molar-refractivity contribution in [2.75, 3.05) is 13.1 Å². The Bertz CT molecular complexity index is 1520. The second kappa shape index (κ2) is 10.3. The molecule has 1 saturated carbocycles. The van der Waals surface area contributed by atoms with E-state index in [1.807, 2.05) is 42.2 Å². The molecule has 2 N–H and O–H groups in total. The van der Waals surface area contributed by atoms with Crippen molar-refractivity contribution in [3.05, 3.63) is 94.7 Å². The summed E-state index contributed by atoms with van der Waals surface area (Å²) in [6, 6.07) is 21.9. The maximum atomic E-state index is 14.3. The highest BCUT2D eigenvalue weighted by molar-refractivity contribution is 6.12. The van der Waals surface area contributed by atoms with Gasteiger partial charge in [0.2, 0.25) is 5.91 Å². The molecular weight excluding hydrogens is 486 g/mol. The number of rotatable bonds is 4. The number of primary amides is 1. The monoisotopic (exact) mass is 519 g/mol. The van der Waals surface area contributed by atoms with Gasteiger partial charge in [0.05, 0.1) is 5.92 Å². The van der Waals surface area contributed by atoms with Crippen LogP contribution < -0.4 is 5.73 Å². The second-order valence-electron chi connectivity index (χ2n) is 11.0. The minimum Gasteiger partial charge on any atom is -0.366 e. The van der Waals surface area contributed by atoms with E-state index in [0.717, 1.165) is 59.0 Å². The fourth-order valence-corrected chi connectivity index (χ4v) is 6.76. The molecular formula is C33H33N3O3. The highest BCUT2D eigenvalue weighted by Gasteiger charge is 2.44. The van der Waals surface area contributed by atoms with Crippen molar-refractivity contribution < 1.29 is 14.4 Å². The van der Waals surface area contributed by atoms with Gasteiger partial charge in [0.25, 0.3) is 5.91 Å². The summed E-state index contributed by atoms with van der Waals surface area (Å²) < 4.78 is 0. The van der Waals surface area contributed by atoms with Gasteiger partial charge in [-0.05, 0) is 72.6 Å². The largest absolute Gasteiger partial charge is 0.366 e. The number of carbonyl (C=O) groups is 3. The highest BCUT2D eigenvalue weighted by Crippen LogP contribution is 2.45.